The van der Waals surface area contributed by atoms with Gasteiger partial charge in [0.1, 0.15) is 0 Å². The maximum absolute atomic E-state index is 11.9. The molecule has 92 valence electrons. The molecule has 1 fully saturated rings. The van der Waals surface area contributed by atoms with Crippen LogP contribution >= 0.6 is 12.6 Å². The molecule has 1 aliphatic rings. The molecule has 1 aromatic carbocycles. The van der Waals surface area contributed by atoms with Crippen molar-refractivity contribution in [2.24, 2.45) is 5.92 Å². The molecule has 1 N–H and O–H groups in total. The molecule has 2 unspecified atom stereocenters. The maximum atomic E-state index is 11.9. The van der Waals surface area contributed by atoms with Crippen LogP contribution in [0.3, 0.4) is 0 Å². The Morgan fingerprint density at radius 2 is 2.24 bits per heavy atom. The lowest BCUT2D eigenvalue weighted by molar-refractivity contribution is -0.117. The van der Waals surface area contributed by atoms with E-state index in [1.54, 1.807) is 11.8 Å². The van der Waals surface area contributed by atoms with E-state index < -0.39 is 6.10 Å². The Labute approximate surface area is 107 Å². The molecule has 0 spiro atoms. The third-order valence-corrected chi connectivity index (χ3v) is 3.66. The summed E-state index contributed by atoms with van der Waals surface area (Å²) < 4.78 is 0. The van der Waals surface area contributed by atoms with Gasteiger partial charge in [0.2, 0.25) is 5.91 Å². The molecule has 0 aromatic heterocycles. The minimum Gasteiger partial charge on any atom is -0.389 e. The fraction of sp³-hybridized carbons (Fsp3) is 0.462. The molecule has 17 heavy (non-hydrogen) atoms. The minimum absolute atomic E-state index is 0.122. The predicted molar refractivity (Wildman–Crippen MR) is 71.4 cm³/mol. The third-order valence-electron chi connectivity index (χ3n) is 3.14. The van der Waals surface area contributed by atoms with Gasteiger partial charge in [0.25, 0.3) is 0 Å². The van der Waals surface area contributed by atoms with Gasteiger partial charge in [0, 0.05) is 24.2 Å². The molecule has 3 nitrogen and oxygen atoms in total. The van der Waals surface area contributed by atoms with Crippen molar-refractivity contribution in [2.75, 3.05) is 17.2 Å². The molecule has 1 aliphatic heterocycles. The summed E-state index contributed by atoms with van der Waals surface area (Å²) in [6.45, 7) is 2.42. The van der Waals surface area contributed by atoms with Crippen LogP contribution in [0.15, 0.2) is 24.3 Å². The second-order valence-electron chi connectivity index (χ2n) is 4.49. The molecular formula is C13H17NO2S. The van der Waals surface area contributed by atoms with Gasteiger partial charge in [-0.15, -0.1) is 0 Å². The van der Waals surface area contributed by atoms with Gasteiger partial charge in [-0.1, -0.05) is 18.2 Å². The number of aliphatic hydroxyl groups is 1. The van der Waals surface area contributed by atoms with E-state index in [2.05, 4.69) is 12.6 Å². The van der Waals surface area contributed by atoms with E-state index >= 15 is 0 Å². The first-order valence-corrected chi connectivity index (χ1v) is 6.45. The highest BCUT2D eigenvalue weighted by atomic mass is 32.1. The van der Waals surface area contributed by atoms with Crippen LogP contribution < -0.4 is 4.90 Å². The number of nitrogens with zero attached hydrogens (tertiary/aromatic N) is 1. The van der Waals surface area contributed by atoms with Gasteiger partial charge in [0.05, 0.1) is 6.10 Å². The summed E-state index contributed by atoms with van der Waals surface area (Å²) in [5.41, 5.74) is 1.64. The number of hydrogen-bond acceptors (Lipinski definition) is 3. The van der Waals surface area contributed by atoms with E-state index in [4.69, 9.17) is 0 Å². The summed E-state index contributed by atoms with van der Waals surface area (Å²) in [6, 6.07) is 7.52. The number of amides is 1. The first-order chi connectivity index (χ1) is 8.13. The zero-order valence-corrected chi connectivity index (χ0v) is 10.7. The Kier molecular flexibility index (Phi) is 3.74. The Bertz CT molecular complexity index is 420. The molecule has 2 atom stereocenters. The number of hydrogen-bond donors (Lipinski definition) is 2. The fourth-order valence-electron chi connectivity index (χ4n) is 2.22. The summed E-state index contributed by atoms with van der Waals surface area (Å²) in [6.07, 6.45) is -0.00785. The van der Waals surface area contributed by atoms with Crippen LogP contribution in [0.4, 0.5) is 5.69 Å². The van der Waals surface area contributed by atoms with Crippen molar-refractivity contribution < 1.29 is 9.90 Å². The van der Waals surface area contributed by atoms with E-state index in [0.29, 0.717) is 18.9 Å². The molecular weight excluding hydrogens is 234 g/mol. The highest BCUT2D eigenvalue weighted by molar-refractivity contribution is 7.80. The number of carbonyl (C=O) groups is 1. The van der Waals surface area contributed by atoms with Crippen LogP contribution in [0.5, 0.6) is 0 Å². The first kappa shape index (κ1) is 12.5. The number of carbonyl (C=O) groups excluding carboxylic acids is 1. The van der Waals surface area contributed by atoms with Crippen LogP contribution in [0.25, 0.3) is 0 Å². The molecule has 1 amide bonds. The summed E-state index contributed by atoms with van der Waals surface area (Å²) in [5.74, 6) is 1.16. The van der Waals surface area contributed by atoms with E-state index in [1.165, 1.54) is 0 Å². The smallest absolute Gasteiger partial charge is 0.227 e. The summed E-state index contributed by atoms with van der Waals surface area (Å²) in [7, 11) is 0. The summed E-state index contributed by atoms with van der Waals surface area (Å²) in [5, 5.41) is 9.72. The zero-order chi connectivity index (χ0) is 12.4. The molecule has 1 heterocycles. The molecule has 1 saturated heterocycles. The highest BCUT2D eigenvalue weighted by Gasteiger charge is 2.31. The van der Waals surface area contributed by atoms with Gasteiger partial charge in [-0.2, -0.15) is 12.6 Å². The average molecular weight is 251 g/mol. The lowest BCUT2D eigenvalue weighted by atomic mass is 10.1. The summed E-state index contributed by atoms with van der Waals surface area (Å²) >= 11 is 4.25. The second kappa shape index (κ2) is 5.10. The maximum Gasteiger partial charge on any atom is 0.227 e. The average Bonchev–Trinajstić information content (AvgIpc) is 2.70. The number of anilines is 1. The van der Waals surface area contributed by atoms with Gasteiger partial charge in [-0.05, 0) is 24.7 Å². The van der Waals surface area contributed by atoms with Gasteiger partial charge in [-0.25, -0.2) is 0 Å². The molecule has 0 radical (unpaired) electrons. The molecule has 0 bridgehead atoms. The third kappa shape index (κ3) is 2.48. The highest BCUT2D eigenvalue weighted by Crippen LogP contribution is 2.31. The Hall–Kier alpha value is -1.00. The standard InChI is InChI=1S/C13H17NO2S/c1-9(15)11-4-2-3-5-12(11)14-7-10(8-17)6-13(14)16/h2-5,9-10,15,17H,6-8H2,1H3. The summed E-state index contributed by atoms with van der Waals surface area (Å²) in [4.78, 5) is 13.7. The Morgan fingerprint density at radius 1 is 1.53 bits per heavy atom. The molecule has 0 saturated carbocycles. The Balaban J connectivity index is 2.31. The minimum atomic E-state index is -0.561. The lowest BCUT2D eigenvalue weighted by Crippen LogP contribution is -2.26. The predicted octanol–water partition coefficient (Wildman–Crippen LogP) is 2.02. The monoisotopic (exact) mass is 251 g/mol. The number of benzene rings is 1. The topological polar surface area (TPSA) is 40.5 Å². The van der Waals surface area contributed by atoms with Crippen LogP contribution in [0, 0.1) is 5.92 Å². The number of rotatable bonds is 3. The largest absolute Gasteiger partial charge is 0.389 e. The van der Waals surface area contributed by atoms with Crippen molar-refractivity contribution in [1.29, 1.82) is 0 Å². The van der Waals surface area contributed by atoms with E-state index in [0.717, 1.165) is 17.0 Å². The first-order valence-electron chi connectivity index (χ1n) is 5.81. The second-order valence-corrected chi connectivity index (χ2v) is 4.86. The van der Waals surface area contributed by atoms with Gasteiger partial charge < -0.3 is 10.0 Å². The lowest BCUT2D eigenvalue weighted by Gasteiger charge is -2.21. The SMILES string of the molecule is CC(O)c1ccccc1N1CC(CS)CC1=O. The van der Waals surface area contributed by atoms with Gasteiger partial charge >= 0.3 is 0 Å². The van der Waals surface area contributed by atoms with Crippen LogP contribution in [0.2, 0.25) is 0 Å². The molecule has 4 heteroatoms. The molecule has 2 rings (SSSR count). The van der Waals surface area contributed by atoms with Gasteiger partial charge in [0.15, 0.2) is 0 Å². The molecule has 0 aliphatic carbocycles. The normalized spacial score (nSPS) is 21.9. The van der Waals surface area contributed by atoms with E-state index in [-0.39, 0.29) is 5.91 Å². The van der Waals surface area contributed by atoms with Crippen molar-refractivity contribution in [3.05, 3.63) is 29.8 Å². The van der Waals surface area contributed by atoms with Crippen molar-refractivity contribution in [1.82, 2.24) is 0 Å². The quantitative estimate of drug-likeness (QED) is 0.807. The van der Waals surface area contributed by atoms with Crippen LogP contribution in [0.1, 0.15) is 25.0 Å². The van der Waals surface area contributed by atoms with Crippen LogP contribution in [-0.2, 0) is 4.79 Å². The van der Waals surface area contributed by atoms with Crippen LogP contribution in [-0.4, -0.2) is 23.3 Å². The van der Waals surface area contributed by atoms with Crippen molar-refractivity contribution in [3.63, 3.8) is 0 Å². The van der Waals surface area contributed by atoms with Gasteiger partial charge in [-0.3, -0.25) is 4.79 Å². The fourth-order valence-corrected chi connectivity index (χ4v) is 2.47. The molecule has 1 aromatic rings. The number of aliphatic hydroxyl groups excluding tert-OH is 1. The zero-order valence-electron chi connectivity index (χ0n) is 9.84. The number of para-hydroxylation sites is 1. The Morgan fingerprint density at radius 3 is 2.82 bits per heavy atom. The van der Waals surface area contributed by atoms with Crippen molar-refractivity contribution in [3.8, 4) is 0 Å². The van der Waals surface area contributed by atoms with E-state index in [9.17, 15) is 9.90 Å². The number of thiol groups is 1. The van der Waals surface area contributed by atoms with Crippen molar-refractivity contribution >= 4 is 24.2 Å². The van der Waals surface area contributed by atoms with E-state index in [1.807, 2.05) is 24.3 Å². The van der Waals surface area contributed by atoms with Crippen molar-refractivity contribution in [2.45, 2.75) is 19.4 Å².